The maximum absolute atomic E-state index is 13.0. The monoisotopic (exact) mass is 374 g/mol. The molecule has 4 rings (SSSR count). The van der Waals surface area contributed by atoms with Gasteiger partial charge in [-0.15, -0.1) is 12.4 Å². The van der Waals surface area contributed by atoms with Crippen molar-refractivity contribution in [2.75, 3.05) is 32.8 Å². The topological polar surface area (TPSA) is 67.9 Å². The number of ether oxygens (including phenoxy) is 2. The number of hydrogen-bond donors (Lipinski definition) is 1. The molecular formula is C16H23ClN2O4S. The molecule has 0 bridgehead atoms. The van der Waals surface area contributed by atoms with Gasteiger partial charge in [0.1, 0.15) is 0 Å². The maximum Gasteiger partial charge on any atom is 0.243 e. The van der Waals surface area contributed by atoms with Crippen LogP contribution in [-0.2, 0) is 10.0 Å². The van der Waals surface area contributed by atoms with E-state index in [4.69, 9.17) is 9.47 Å². The molecule has 134 valence electrons. The van der Waals surface area contributed by atoms with E-state index >= 15 is 0 Å². The molecule has 2 saturated heterocycles. The Morgan fingerprint density at radius 2 is 1.92 bits per heavy atom. The molecule has 2 fully saturated rings. The van der Waals surface area contributed by atoms with Gasteiger partial charge in [-0.1, -0.05) is 0 Å². The predicted octanol–water partition coefficient (Wildman–Crippen LogP) is 1.64. The van der Waals surface area contributed by atoms with E-state index in [2.05, 4.69) is 5.32 Å². The summed E-state index contributed by atoms with van der Waals surface area (Å²) < 4.78 is 38.7. The van der Waals surface area contributed by atoms with Crippen LogP contribution in [0.2, 0.25) is 0 Å². The van der Waals surface area contributed by atoms with Gasteiger partial charge in [-0.25, -0.2) is 8.42 Å². The van der Waals surface area contributed by atoms with Crippen LogP contribution in [0.1, 0.15) is 19.3 Å². The number of fused-ring (bicyclic) bond motifs is 2. The van der Waals surface area contributed by atoms with Crippen LogP contribution >= 0.6 is 12.4 Å². The van der Waals surface area contributed by atoms with Gasteiger partial charge in [-0.3, -0.25) is 0 Å². The summed E-state index contributed by atoms with van der Waals surface area (Å²) in [6.45, 7) is 3.32. The van der Waals surface area contributed by atoms with Crippen LogP contribution in [0.15, 0.2) is 23.1 Å². The molecule has 6 nitrogen and oxygen atoms in total. The molecule has 1 aromatic rings. The molecule has 3 heterocycles. The van der Waals surface area contributed by atoms with Crippen LogP contribution in [0.5, 0.6) is 11.5 Å². The first-order valence-electron chi connectivity index (χ1n) is 8.28. The Balaban J connectivity index is 0.00000169. The van der Waals surface area contributed by atoms with Crippen LogP contribution in [0, 0.1) is 5.92 Å². The summed E-state index contributed by atoms with van der Waals surface area (Å²) in [7, 11) is -3.48. The van der Waals surface area contributed by atoms with Crippen molar-refractivity contribution in [2.24, 2.45) is 5.92 Å². The molecule has 3 aliphatic rings. The summed E-state index contributed by atoms with van der Waals surface area (Å²) in [5.74, 6) is 1.58. The third-order valence-corrected chi connectivity index (χ3v) is 6.84. The molecule has 3 aliphatic heterocycles. The molecule has 0 spiro atoms. The van der Waals surface area contributed by atoms with E-state index < -0.39 is 10.0 Å². The van der Waals surface area contributed by atoms with E-state index in [0.717, 1.165) is 25.8 Å². The highest BCUT2D eigenvalue weighted by Crippen LogP contribution is 2.34. The lowest BCUT2D eigenvalue weighted by molar-refractivity contribution is 0.247. The molecule has 0 aromatic heterocycles. The number of hydrogen-bond acceptors (Lipinski definition) is 5. The maximum atomic E-state index is 13.0. The molecule has 0 aliphatic carbocycles. The lowest BCUT2D eigenvalue weighted by atomic mass is 9.95. The van der Waals surface area contributed by atoms with E-state index in [0.29, 0.717) is 54.7 Å². The van der Waals surface area contributed by atoms with Gasteiger partial charge in [0.15, 0.2) is 11.5 Å². The zero-order valence-electron chi connectivity index (χ0n) is 13.4. The molecule has 0 radical (unpaired) electrons. The Hall–Kier alpha value is -1.02. The first-order chi connectivity index (χ1) is 11.1. The number of nitrogens with zero attached hydrogens (tertiary/aromatic N) is 1. The van der Waals surface area contributed by atoms with Crippen molar-refractivity contribution in [3.63, 3.8) is 0 Å². The standard InChI is InChI=1S/C16H22N2O4S.ClH/c19-23(20,18-7-5-14-12(11-18)4-6-17-14)13-2-3-15-16(10-13)22-9-1-8-21-15;/h2-3,10,12,14,17H,1,4-9,11H2;1H. The smallest absolute Gasteiger partial charge is 0.243 e. The Morgan fingerprint density at radius 1 is 1.12 bits per heavy atom. The number of benzene rings is 1. The molecule has 24 heavy (non-hydrogen) atoms. The molecule has 1 N–H and O–H groups in total. The number of rotatable bonds is 2. The van der Waals surface area contributed by atoms with E-state index in [1.807, 2.05) is 0 Å². The number of nitrogens with one attached hydrogen (secondary N) is 1. The Kier molecular flexibility index (Phi) is 5.24. The SMILES string of the molecule is Cl.O=S(=O)(c1ccc2c(c1)OCCCO2)N1CCC2NCCC2C1. The first-order valence-corrected chi connectivity index (χ1v) is 9.72. The van der Waals surface area contributed by atoms with Crippen molar-refractivity contribution >= 4 is 22.4 Å². The predicted molar refractivity (Wildman–Crippen MR) is 92.6 cm³/mol. The van der Waals surface area contributed by atoms with Crippen LogP contribution in [0.25, 0.3) is 0 Å². The zero-order valence-corrected chi connectivity index (χ0v) is 15.1. The van der Waals surface area contributed by atoms with Crippen molar-refractivity contribution in [3.05, 3.63) is 18.2 Å². The Labute approximate surface area is 149 Å². The lowest BCUT2D eigenvalue weighted by Crippen LogP contribution is -2.46. The number of halogens is 1. The average molecular weight is 375 g/mol. The highest BCUT2D eigenvalue weighted by molar-refractivity contribution is 7.89. The summed E-state index contributed by atoms with van der Waals surface area (Å²) in [6, 6.07) is 5.42. The lowest BCUT2D eigenvalue weighted by Gasteiger charge is -2.34. The van der Waals surface area contributed by atoms with Crippen LogP contribution in [0.3, 0.4) is 0 Å². The Bertz CT molecular complexity index is 697. The highest BCUT2D eigenvalue weighted by atomic mass is 35.5. The summed E-state index contributed by atoms with van der Waals surface area (Å²) in [5, 5.41) is 3.46. The summed E-state index contributed by atoms with van der Waals surface area (Å²) in [5.41, 5.74) is 0. The van der Waals surface area contributed by atoms with Gasteiger partial charge in [0.2, 0.25) is 10.0 Å². The van der Waals surface area contributed by atoms with Gasteiger partial charge in [0.25, 0.3) is 0 Å². The number of piperidine rings is 1. The van der Waals surface area contributed by atoms with E-state index in [9.17, 15) is 8.42 Å². The van der Waals surface area contributed by atoms with Crippen molar-refractivity contribution in [2.45, 2.75) is 30.2 Å². The Morgan fingerprint density at radius 3 is 2.75 bits per heavy atom. The fourth-order valence-corrected chi connectivity index (χ4v) is 5.21. The third-order valence-electron chi connectivity index (χ3n) is 4.98. The van der Waals surface area contributed by atoms with E-state index in [-0.39, 0.29) is 12.4 Å². The second-order valence-corrected chi connectivity index (χ2v) is 8.36. The zero-order chi connectivity index (χ0) is 15.9. The minimum Gasteiger partial charge on any atom is -0.490 e. The van der Waals surface area contributed by atoms with Crippen molar-refractivity contribution < 1.29 is 17.9 Å². The van der Waals surface area contributed by atoms with Gasteiger partial charge >= 0.3 is 0 Å². The molecule has 0 saturated carbocycles. The minimum absolute atomic E-state index is 0. The molecule has 8 heteroatoms. The fourth-order valence-electron chi connectivity index (χ4n) is 3.69. The molecular weight excluding hydrogens is 352 g/mol. The molecule has 2 atom stereocenters. The second kappa shape index (κ2) is 7.07. The minimum atomic E-state index is -3.48. The largest absolute Gasteiger partial charge is 0.490 e. The summed E-state index contributed by atoms with van der Waals surface area (Å²) >= 11 is 0. The second-order valence-electron chi connectivity index (χ2n) is 6.42. The van der Waals surface area contributed by atoms with Crippen molar-refractivity contribution in [1.29, 1.82) is 0 Å². The van der Waals surface area contributed by atoms with Gasteiger partial charge < -0.3 is 14.8 Å². The number of sulfonamides is 1. The van der Waals surface area contributed by atoms with Crippen LogP contribution in [0.4, 0.5) is 0 Å². The van der Waals surface area contributed by atoms with Gasteiger partial charge in [0.05, 0.1) is 18.1 Å². The van der Waals surface area contributed by atoms with E-state index in [1.165, 1.54) is 0 Å². The summed E-state index contributed by atoms with van der Waals surface area (Å²) in [6.07, 6.45) is 2.74. The molecule has 1 aromatic carbocycles. The molecule has 2 unspecified atom stereocenters. The van der Waals surface area contributed by atoms with Crippen molar-refractivity contribution in [3.8, 4) is 11.5 Å². The molecule has 0 amide bonds. The van der Waals surface area contributed by atoms with Crippen LogP contribution in [-0.4, -0.2) is 51.6 Å². The summed E-state index contributed by atoms with van der Waals surface area (Å²) in [4.78, 5) is 0.297. The highest BCUT2D eigenvalue weighted by Gasteiger charge is 2.37. The quantitative estimate of drug-likeness (QED) is 0.852. The normalized spacial score (nSPS) is 27.0. The van der Waals surface area contributed by atoms with Gasteiger partial charge in [-0.2, -0.15) is 4.31 Å². The van der Waals surface area contributed by atoms with Crippen LogP contribution < -0.4 is 14.8 Å². The third kappa shape index (κ3) is 3.22. The van der Waals surface area contributed by atoms with Crippen molar-refractivity contribution in [1.82, 2.24) is 9.62 Å². The average Bonchev–Trinajstić information content (AvgIpc) is 2.90. The van der Waals surface area contributed by atoms with Gasteiger partial charge in [0, 0.05) is 31.6 Å². The van der Waals surface area contributed by atoms with Gasteiger partial charge in [-0.05, 0) is 37.4 Å². The fraction of sp³-hybridized carbons (Fsp3) is 0.625. The van der Waals surface area contributed by atoms with E-state index in [1.54, 1.807) is 22.5 Å². The first kappa shape index (κ1) is 17.8.